The first-order valence-corrected chi connectivity index (χ1v) is 6.30. The van der Waals surface area contributed by atoms with Crippen molar-refractivity contribution in [1.29, 1.82) is 0 Å². The van der Waals surface area contributed by atoms with E-state index in [1.165, 1.54) is 30.5 Å². The van der Waals surface area contributed by atoms with E-state index >= 15 is 0 Å². The molecule has 1 aliphatic carbocycles. The van der Waals surface area contributed by atoms with Gasteiger partial charge in [0.05, 0.1) is 0 Å². The average molecular weight is 297 g/mol. The third-order valence-corrected chi connectivity index (χ3v) is 3.10. The summed E-state index contributed by atoms with van der Waals surface area (Å²) in [5, 5.41) is 0. The van der Waals surface area contributed by atoms with Crippen molar-refractivity contribution in [1.82, 2.24) is 4.98 Å². The number of hydrogen-bond donors (Lipinski definition) is 0. The van der Waals surface area contributed by atoms with Crippen molar-refractivity contribution in [3.8, 4) is 0 Å². The van der Waals surface area contributed by atoms with Gasteiger partial charge in [-0.25, -0.2) is 9.78 Å². The molecular weight excluding hydrogens is 289 g/mol. The maximum absolute atomic E-state index is 13.4. The van der Waals surface area contributed by atoms with Crippen molar-refractivity contribution in [2.24, 2.45) is 0 Å². The quantitative estimate of drug-likeness (QED) is 0.628. The lowest BCUT2D eigenvalue weighted by Gasteiger charge is -2.14. The lowest BCUT2D eigenvalue weighted by atomic mass is 9.94. The van der Waals surface area contributed by atoms with E-state index in [1.807, 2.05) is 0 Å². The van der Waals surface area contributed by atoms with Crippen LogP contribution in [0.4, 0.5) is 4.39 Å². The zero-order valence-electron chi connectivity index (χ0n) is 11.1. The third kappa shape index (κ3) is 2.31. The third-order valence-electron chi connectivity index (χ3n) is 3.10. The Balaban J connectivity index is 1.91. The number of carbonyl (C=O) groups excluding carboxylic acids is 3. The molecule has 0 radical (unpaired) electrons. The van der Waals surface area contributed by atoms with Gasteiger partial charge in [-0.05, 0) is 12.1 Å². The highest BCUT2D eigenvalue weighted by atomic mass is 19.1. The molecule has 0 atom stereocenters. The molecule has 1 aromatic carbocycles. The van der Waals surface area contributed by atoms with Crippen molar-refractivity contribution in [2.45, 2.75) is 0 Å². The van der Waals surface area contributed by atoms with Crippen molar-refractivity contribution in [3.05, 3.63) is 77.1 Å². The van der Waals surface area contributed by atoms with Gasteiger partial charge in [-0.1, -0.05) is 24.3 Å². The molecule has 0 bridgehead atoms. The van der Waals surface area contributed by atoms with Gasteiger partial charge in [0.1, 0.15) is 5.56 Å². The lowest BCUT2D eigenvalue weighted by molar-refractivity contribution is 0.0579. The van der Waals surface area contributed by atoms with E-state index in [0.29, 0.717) is 0 Å². The van der Waals surface area contributed by atoms with Crippen molar-refractivity contribution < 1.29 is 23.5 Å². The minimum absolute atomic E-state index is 0.143. The fourth-order valence-corrected chi connectivity index (χ4v) is 2.06. The monoisotopic (exact) mass is 297 g/mol. The van der Waals surface area contributed by atoms with Gasteiger partial charge in [-0.15, -0.1) is 0 Å². The summed E-state index contributed by atoms with van der Waals surface area (Å²) in [5.41, 5.74) is -0.0353. The largest absolute Gasteiger partial charge is 0.418 e. The van der Waals surface area contributed by atoms with E-state index in [1.54, 1.807) is 12.1 Å². The molecule has 0 fully saturated rings. The average Bonchev–Trinajstić information content (AvgIpc) is 2.52. The van der Waals surface area contributed by atoms with Gasteiger partial charge >= 0.3 is 5.97 Å². The van der Waals surface area contributed by atoms with Crippen molar-refractivity contribution >= 4 is 17.5 Å². The summed E-state index contributed by atoms with van der Waals surface area (Å²) in [6.07, 6.45) is 2.10. The van der Waals surface area contributed by atoms with E-state index < -0.39 is 34.8 Å². The number of pyridine rings is 1. The number of esters is 1. The van der Waals surface area contributed by atoms with E-state index in [9.17, 15) is 18.8 Å². The summed E-state index contributed by atoms with van der Waals surface area (Å²) >= 11 is 0. The maximum atomic E-state index is 13.4. The molecule has 5 nitrogen and oxygen atoms in total. The van der Waals surface area contributed by atoms with Crippen LogP contribution < -0.4 is 0 Å². The van der Waals surface area contributed by atoms with Crippen LogP contribution >= 0.6 is 0 Å². The van der Waals surface area contributed by atoms with Crippen LogP contribution in [0.15, 0.2) is 54.4 Å². The molecule has 1 heterocycles. The Kier molecular flexibility index (Phi) is 3.34. The molecule has 0 saturated carbocycles. The second kappa shape index (κ2) is 5.33. The molecule has 108 valence electrons. The normalized spacial score (nSPS) is 13.4. The van der Waals surface area contributed by atoms with Gasteiger partial charge in [0.2, 0.25) is 11.7 Å². The maximum Gasteiger partial charge on any atom is 0.348 e. The second-order valence-corrected chi connectivity index (χ2v) is 4.48. The number of rotatable bonds is 2. The molecular formula is C16H8FNO4. The van der Waals surface area contributed by atoms with Crippen LogP contribution in [-0.2, 0) is 4.74 Å². The van der Waals surface area contributed by atoms with Crippen LogP contribution in [0.2, 0.25) is 0 Å². The lowest BCUT2D eigenvalue weighted by Crippen LogP contribution is -2.21. The summed E-state index contributed by atoms with van der Waals surface area (Å²) in [5.74, 6) is -3.59. The Morgan fingerprint density at radius 1 is 1.05 bits per heavy atom. The number of halogens is 1. The number of Topliss-reactive ketones (excluding diaryl/α,β-unsaturated/α-hetero) is 1. The number of nitrogens with zero attached hydrogens (tertiary/aromatic N) is 1. The van der Waals surface area contributed by atoms with Gasteiger partial charge < -0.3 is 4.74 Å². The van der Waals surface area contributed by atoms with Gasteiger partial charge in [-0.3, -0.25) is 9.59 Å². The first kappa shape index (κ1) is 13.8. The summed E-state index contributed by atoms with van der Waals surface area (Å²) in [4.78, 5) is 39.3. The summed E-state index contributed by atoms with van der Waals surface area (Å²) in [7, 11) is 0. The van der Waals surface area contributed by atoms with Crippen molar-refractivity contribution in [2.75, 3.05) is 0 Å². The summed E-state index contributed by atoms with van der Waals surface area (Å²) < 4.78 is 18.3. The molecule has 0 N–H and O–H groups in total. The van der Waals surface area contributed by atoms with Crippen LogP contribution in [0.1, 0.15) is 31.1 Å². The van der Waals surface area contributed by atoms with Gasteiger partial charge in [-0.2, -0.15) is 4.39 Å². The fourth-order valence-electron chi connectivity index (χ4n) is 2.06. The Bertz CT molecular complexity index is 842. The Hall–Kier alpha value is -3.15. The van der Waals surface area contributed by atoms with Gasteiger partial charge in [0.15, 0.2) is 11.5 Å². The molecule has 1 aliphatic rings. The molecule has 0 saturated heterocycles. The Morgan fingerprint density at radius 2 is 1.77 bits per heavy atom. The van der Waals surface area contributed by atoms with Crippen LogP contribution in [0, 0.1) is 5.95 Å². The number of benzene rings is 1. The van der Waals surface area contributed by atoms with Crippen LogP contribution in [0.25, 0.3) is 0 Å². The standard InChI is InChI=1S/C16H8FNO4/c17-15-11(6-3-7-18-15)16(21)22-13-8-12(19)9-4-1-2-5-10(9)14(13)20/h1-8H. The highest BCUT2D eigenvalue weighted by molar-refractivity contribution is 6.24. The number of carbonyl (C=O) groups is 3. The summed E-state index contributed by atoms with van der Waals surface area (Å²) in [6, 6.07) is 8.72. The molecule has 0 aliphatic heterocycles. The fraction of sp³-hybridized carbons (Fsp3) is 0. The van der Waals surface area contributed by atoms with Gasteiger partial charge in [0.25, 0.3) is 0 Å². The molecule has 2 aromatic rings. The number of fused-ring (bicyclic) bond motifs is 1. The predicted molar refractivity (Wildman–Crippen MR) is 72.8 cm³/mol. The number of aromatic nitrogens is 1. The minimum atomic E-state index is -1.09. The predicted octanol–water partition coefficient (Wildman–Crippen LogP) is 2.34. The van der Waals surface area contributed by atoms with E-state index in [2.05, 4.69) is 4.98 Å². The highest BCUT2D eigenvalue weighted by Gasteiger charge is 2.28. The van der Waals surface area contributed by atoms with Crippen LogP contribution in [0.5, 0.6) is 0 Å². The van der Waals surface area contributed by atoms with Crippen molar-refractivity contribution in [3.63, 3.8) is 0 Å². The molecule has 1 aromatic heterocycles. The topological polar surface area (TPSA) is 73.3 Å². The molecule has 0 spiro atoms. The van der Waals surface area contributed by atoms with Crippen LogP contribution in [-0.4, -0.2) is 22.5 Å². The first-order valence-electron chi connectivity index (χ1n) is 6.30. The molecule has 0 amide bonds. The smallest absolute Gasteiger partial charge is 0.348 e. The zero-order valence-corrected chi connectivity index (χ0v) is 11.1. The minimum Gasteiger partial charge on any atom is -0.418 e. The van der Waals surface area contributed by atoms with E-state index in [0.717, 1.165) is 6.08 Å². The molecule has 6 heteroatoms. The van der Waals surface area contributed by atoms with E-state index in [-0.39, 0.29) is 11.1 Å². The second-order valence-electron chi connectivity index (χ2n) is 4.48. The number of allylic oxidation sites excluding steroid dienone is 2. The van der Waals surface area contributed by atoms with Gasteiger partial charge in [0, 0.05) is 23.4 Å². The SMILES string of the molecule is O=C1C=C(OC(=O)c2cccnc2F)C(=O)c2ccccc21. The van der Waals surface area contributed by atoms with E-state index in [4.69, 9.17) is 4.74 Å². The molecule has 22 heavy (non-hydrogen) atoms. The zero-order chi connectivity index (χ0) is 15.7. The first-order chi connectivity index (χ1) is 10.6. The molecule has 3 rings (SSSR count). The molecule has 0 unspecified atom stereocenters. The number of ketones is 2. The number of hydrogen-bond acceptors (Lipinski definition) is 5. The highest BCUT2D eigenvalue weighted by Crippen LogP contribution is 2.22. The summed E-state index contributed by atoms with van der Waals surface area (Å²) in [6.45, 7) is 0. The Labute approximate surface area is 124 Å². The van der Waals surface area contributed by atoms with Crippen LogP contribution in [0.3, 0.4) is 0 Å². The Morgan fingerprint density at radius 3 is 2.50 bits per heavy atom. The number of ether oxygens (including phenoxy) is 1.